The fourth-order valence-electron chi connectivity index (χ4n) is 3.90. The number of imidazole rings is 2. The van der Waals surface area contributed by atoms with Crippen molar-refractivity contribution in [2.75, 3.05) is 13.2 Å². The summed E-state index contributed by atoms with van der Waals surface area (Å²) in [6.45, 7) is 9.09. The van der Waals surface area contributed by atoms with E-state index in [9.17, 15) is 0 Å². The molecule has 0 unspecified atom stereocenters. The van der Waals surface area contributed by atoms with Gasteiger partial charge in [0.2, 0.25) is 12.7 Å². The second-order valence-electron chi connectivity index (χ2n) is 8.94. The summed E-state index contributed by atoms with van der Waals surface area (Å²) in [5.74, 6) is 0. The molecule has 0 atom stereocenters. The van der Waals surface area contributed by atoms with Crippen LogP contribution in [0, 0.1) is 0 Å². The first-order chi connectivity index (χ1) is 15.8. The number of unbranched alkanes of at least 4 members (excludes halogenated alkanes) is 10. The van der Waals surface area contributed by atoms with E-state index in [2.05, 4.69) is 69.6 Å². The molecule has 0 saturated carbocycles. The molecule has 0 radical (unpaired) electrons. The number of rotatable bonds is 21. The Balaban J connectivity index is 0.00000544. The third-order valence-electron chi connectivity index (χ3n) is 5.88. The predicted molar refractivity (Wildman–Crippen MR) is 128 cm³/mol. The molecule has 0 aromatic carbocycles. The molecular weight excluding hydrogens is 471 g/mol. The minimum atomic E-state index is 0. The maximum absolute atomic E-state index is 5.75. The van der Waals surface area contributed by atoms with Crippen molar-refractivity contribution in [2.24, 2.45) is 0 Å². The van der Waals surface area contributed by atoms with Crippen molar-refractivity contribution in [2.45, 2.75) is 117 Å². The molecule has 6 nitrogen and oxygen atoms in total. The number of halogens is 2. The molecule has 0 fully saturated rings. The Hall–Kier alpha value is -1.08. The van der Waals surface area contributed by atoms with Crippen molar-refractivity contribution in [1.29, 1.82) is 0 Å². The molecule has 2 aromatic heterocycles. The van der Waals surface area contributed by atoms with Crippen molar-refractivity contribution >= 4 is 0 Å². The smallest absolute Gasteiger partial charge is 0.245 e. The van der Waals surface area contributed by atoms with Gasteiger partial charge in [-0.25, -0.2) is 18.3 Å². The average Bonchev–Trinajstić information content (AvgIpc) is 3.45. The first kappa shape index (κ1) is 32.9. The Morgan fingerprint density at radius 3 is 1.35 bits per heavy atom. The fourth-order valence-corrected chi connectivity index (χ4v) is 3.90. The van der Waals surface area contributed by atoms with Crippen LogP contribution < -0.4 is 33.9 Å². The van der Waals surface area contributed by atoms with Gasteiger partial charge in [0, 0.05) is 0 Å². The van der Waals surface area contributed by atoms with Crippen LogP contribution in [0.15, 0.2) is 37.4 Å². The van der Waals surface area contributed by atoms with Gasteiger partial charge in [0.1, 0.15) is 24.8 Å². The summed E-state index contributed by atoms with van der Waals surface area (Å²) >= 11 is 0. The van der Waals surface area contributed by atoms with E-state index in [0.717, 1.165) is 13.1 Å². The number of ether oxygens (including phenoxy) is 2. The lowest BCUT2D eigenvalue weighted by atomic mass is 10.1. The topological polar surface area (TPSA) is 36.1 Å². The number of aryl methyl sites for hydroxylation is 2. The molecule has 0 amide bonds. The summed E-state index contributed by atoms with van der Waals surface area (Å²) < 4.78 is 20.2. The number of nitrogens with zero attached hydrogens (tertiary/aromatic N) is 4. The van der Waals surface area contributed by atoms with E-state index in [0.29, 0.717) is 26.7 Å². The summed E-state index contributed by atoms with van der Waals surface area (Å²) in [5, 5.41) is 0. The van der Waals surface area contributed by atoms with E-state index in [4.69, 9.17) is 9.47 Å². The SMILES string of the molecule is CCCCCCCCn1cc[n+](COCCOC[n+]2ccn(CCCCCCCC)c2)c1.[Cl-].[Cl-]. The zero-order chi connectivity index (χ0) is 22.7. The molecule has 8 heteroatoms. The molecule has 2 heterocycles. The number of hydrogen-bond acceptors (Lipinski definition) is 2. The molecule has 0 saturated heterocycles. The number of aromatic nitrogens is 4. The zero-order valence-corrected chi connectivity index (χ0v) is 23.1. The second-order valence-corrected chi connectivity index (χ2v) is 8.94. The van der Waals surface area contributed by atoms with Gasteiger partial charge in [0.25, 0.3) is 0 Å². The second kappa shape index (κ2) is 22.4. The van der Waals surface area contributed by atoms with Gasteiger partial charge >= 0.3 is 0 Å². The normalized spacial score (nSPS) is 10.8. The molecule has 2 rings (SSSR count). The Morgan fingerprint density at radius 1 is 0.559 bits per heavy atom. The van der Waals surface area contributed by atoms with E-state index in [1.54, 1.807) is 0 Å². The van der Waals surface area contributed by atoms with Crippen molar-refractivity contribution in [3.63, 3.8) is 0 Å². The quantitative estimate of drug-likeness (QED) is 0.161. The van der Waals surface area contributed by atoms with Gasteiger partial charge in [-0.05, 0) is 25.7 Å². The van der Waals surface area contributed by atoms with Crippen LogP contribution in [0.25, 0.3) is 0 Å². The van der Waals surface area contributed by atoms with Gasteiger partial charge in [-0.1, -0.05) is 65.2 Å². The van der Waals surface area contributed by atoms with Crippen molar-refractivity contribution < 1.29 is 43.4 Å². The van der Waals surface area contributed by atoms with Crippen LogP contribution in [0.3, 0.4) is 0 Å². The van der Waals surface area contributed by atoms with Crippen LogP contribution in [0.4, 0.5) is 0 Å². The van der Waals surface area contributed by atoms with Crippen LogP contribution in [0.1, 0.15) is 90.9 Å². The van der Waals surface area contributed by atoms with Crippen molar-refractivity contribution in [1.82, 2.24) is 9.13 Å². The van der Waals surface area contributed by atoms with Gasteiger partial charge in [0.15, 0.2) is 13.5 Å². The molecule has 0 aliphatic carbocycles. The first-order valence-corrected chi connectivity index (χ1v) is 13.1. The van der Waals surface area contributed by atoms with Crippen molar-refractivity contribution in [3.05, 3.63) is 37.4 Å². The summed E-state index contributed by atoms with van der Waals surface area (Å²) in [6, 6.07) is 0. The number of hydrogen-bond donors (Lipinski definition) is 0. The van der Waals surface area contributed by atoms with Crippen LogP contribution in [0.2, 0.25) is 0 Å². The molecular formula is C26H48Cl2N4O2. The van der Waals surface area contributed by atoms with Crippen LogP contribution in [-0.2, 0) is 36.0 Å². The van der Waals surface area contributed by atoms with Crippen LogP contribution in [-0.4, -0.2) is 22.3 Å². The van der Waals surface area contributed by atoms with E-state index in [-0.39, 0.29) is 24.8 Å². The molecule has 34 heavy (non-hydrogen) atoms. The van der Waals surface area contributed by atoms with Crippen LogP contribution in [0.5, 0.6) is 0 Å². The van der Waals surface area contributed by atoms with Gasteiger partial charge in [0.05, 0.1) is 26.3 Å². The van der Waals surface area contributed by atoms with E-state index in [1.165, 1.54) is 77.0 Å². The monoisotopic (exact) mass is 518 g/mol. The minimum absolute atomic E-state index is 0. The lowest BCUT2D eigenvalue weighted by molar-refractivity contribution is -0.737. The Kier molecular flexibility index (Phi) is 21.7. The molecule has 198 valence electrons. The van der Waals surface area contributed by atoms with Gasteiger partial charge in [-0.3, -0.25) is 0 Å². The van der Waals surface area contributed by atoms with E-state index < -0.39 is 0 Å². The molecule has 0 spiro atoms. The highest BCUT2D eigenvalue weighted by molar-refractivity contribution is 4.66. The highest BCUT2D eigenvalue weighted by Gasteiger charge is 2.05. The summed E-state index contributed by atoms with van der Waals surface area (Å²) in [5.41, 5.74) is 0. The summed E-state index contributed by atoms with van der Waals surface area (Å²) in [4.78, 5) is 0. The Morgan fingerprint density at radius 2 is 0.941 bits per heavy atom. The molecule has 0 N–H and O–H groups in total. The van der Waals surface area contributed by atoms with Crippen LogP contribution >= 0.6 is 0 Å². The lowest BCUT2D eigenvalue weighted by Gasteiger charge is -2.02. The maximum atomic E-state index is 5.75. The third-order valence-corrected chi connectivity index (χ3v) is 5.88. The molecule has 0 aliphatic heterocycles. The summed E-state index contributed by atoms with van der Waals surface area (Å²) in [6.07, 6.45) is 28.7. The maximum Gasteiger partial charge on any atom is 0.245 e. The minimum Gasteiger partial charge on any atom is -1.00 e. The Labute approximate surface area is 220 Å². The lowest BCUT2D eigenvalue weighted by Crippen LogP contribution is -3.00. The molecule has 0 bridgehead atoms. The predicted octanol–water partition coefficient (Wildman–Crippen LogP) is -0.758. The molecule has 2 aromatic rings. The van der Waals surface area contributed by atoms with E-state index in [1.807, 2.05) is 0 Å². The standard InChI is InChI=1S/C26H48N4O2.2ClH/c1-3-5-7-9-11-13-15-27-17-19-29(23-27)25-31-21-22-32-26-30-20-18-28(24-30)16-14-12-10-8-6-4-2;;/h17-20,23-24H,3-16,21-22,25-26H2,1-2H3;2*1H/q+2;;/p-2. The fraction of sp³-hybridized carbons (Fsp3) is 0.769. The third kappa shape index (κ3) is 15.8. The van der Waals surface area contributed by atoms with Gasteiger partial charge in [-0.15, -0.1) is 0 Å². The van der Waals surface area contributed by atoms with Gasteiger partial charge < -0.3 is 34.3 Å². The molecule has 0 aliphatic rings. The highest BCUT2D eigenvalue weighted by atomic mass is 35.5. The van der Waals surface area contributed by atoms with Crippen molar-refractivity contribution in [3.8, 4) is 0 Å². The largest absolute Gasteiger partial charge is 1.00 e. The first-order valence-electron chi connectivity index (χ1n) is 13.1. The zero-order valence-electron chi connectivity index (χ0n) is 21.6. The highest BCUT2D eigenvalue weighted by Crippen LogP contribution is 2.06. The average molecular weight is 520 g/mol. The van der Waals surface area contributed by atoms with Gasteiger partial charge in [-0.2, -0.15) is 0 Å². The Bertz CT molecular complexity index is 636. The summed E-state index contributed by atoms with van der Waals surface area (Å²) in [7, 11) is 0. The van der Waals surface area contributed by atoms with E-state index >= 15 is 0 Å².